The second-order valence-corrected chi connectivity index (χ2v) is 3.26. The maximum absolute atomic E-state index is 11.1. The van der Waals surface area contributed by atoms with Gasteiger partial charge in [0.1, 0.15) is 0 Å². The zero-order valence-electron chi connectivity index (χ0n) is 7.89. The van der Waals surface area contributed by atoms with E-state index in [0.717, 1.165) is 12.8 Å². The molecule has 0 N–H and O–H groups in total. The molecule has 0 aromatic heterocycles. The number of esters is 1. The molecule has 66 valence electrons. The van der Waals surface area contributed by atoms with Crippen LogP contribution in [0, 0.1) is 11.8 Å². The fourth-order valence-electron chi connectivity index (χ4n) is 1.17. The Labute approximate surface area is 68.9 Å². The smallest absolute Gasteiger partial charge is 0.308 e. The Balaban J connectivity index is 3.84. The highest BCUT2D eigenvalue weighted by molar-refractivity contribution is 5.72. The molecule has 0 saturated carbocycles. The standard InChI is InChI=1S/C9H18O2/c1-5-8(6-7(2)3)9(10)11-4/h7-8H,5-6H2,1-4H3/t8-/m1/s1. The fraction of sp³-hybridized carbons (Fsp3) is 0.889. The van der Waals surface area contributed by atoms with Crippen LogP contribution in [0.5, 0.6) is 0 Å². The molecule has 11 heavy (non-hydrogen) atoms. The van der Waals surface area contributed by atoms with E-state index in [9.17, 15) is 4.79 Å². The van der Waals surface area contributed by atoms with Gasteiger partial charge in [-0.1, -0.05) is 20.8 Å². The highest BCUT2D eigenvalue weighted by Crippen LogP contribution is 2.15. The van der Waals surface area contributed by atoms with E-state index in [1.54, 1.807) is 0 Å². The molecule has 0 radical (unpaired) electrons. The molecule has 0 rings (SSSR count). The first-order valence-corrected chi connectivity index (χ1v) is 4.19. The van der Waals surface area contributed by atoms with E-state index in [0.29, 0.717) is 5.92 Å². The molecule has 1 atom stereocenters. The first kappa shape index (κ1) is 10.5. The summed E-state index contributed by atoms with van der Waals surface area (Å²) in [5.41, 5.74) is 0. The molecule has 0 unspecified atom stereocenters. The Morgan fingerprint density at radius 2 is 2.00 bits per heavy atom. The van der Waals surface area contributed by atoms with Gasteiger partial charge in [0, 0.05) is 0 Å². The fourth-order valence-corrected chi connectivity index (χ4v) is 1.17. The molecule has 0 amide bonds. The maximum atomic E-state index is 11.1. The number of rotatable bonds is 4. The molecule has 0 saturated heterocycles. The van der Waals surface area contributed by atoms with E-state index in [4.69, 9.17) is 0 Å². The Bertz CT molecular complexity index is 119. The van der Waals surface area contributed by atoms with E-state index in [-0.39, 0.29) is 11.9 Å². The highest BCUT2D eigenvalue weighted by Gasteiger charge is 2.17. The monoisotopic (exact) mass is 158 g/mol. The Kier molecular flexibility index (Phi) is 4.92. The lowest BCUT2D eigenvalue weighted by Gasteiger charge is -2.13. The van der Waals surface area contributed by atoms with Gasteiger partial charge in [-0.25, -0.2) is 0 Å². The minimum absolute atomic E-state index is 0.0683. The van der Waals surface area contributed by atoms with Crippen molar-refractivity contribution in [2.45, 2.75) is 33.6 Å². The number of hydrogen-bond acceptors (Lipinski definition) is 2. The third-order valence-corrected chi connectivity index (χ3v) is 1.78. The molecule has 2 nitrogen and oxygen atoms in total. The first-order valence-electron chi connectivity index (χ1n) is 4.19. The molecule has 0 bridgehead atoms. The molecule has 0 aliphatic rings. The van der Waals surface area contributed by atoms with Gasteiger partial charge in [-0.3, -0.25) is 4.79 Å². The van der Waals surface area contributed by atoms with Crippen molar-refractivity contribution < 1.29 is 9.53 Å². The van der Waals surface area contributed by atoms with Gasteiger partial charge in [0.2, 0.25) is 0 Å². The van der Waals surface area contributed by atoms with Crippen molar-refractivity contribution in [1.29, 1.82) is 0 Å². The van der Waals surface area contributed by atoms with Crippen LogP contribution in [0.25, 0.3) is 0 Å². The molecule has 0 aliphatic heterocycles. The summed E-state index contributed by atoms with van der Waals surface area (Å²) < 4.78 is 4.67. The lowest BCUT2D eigenvalue weighted by atomic mass is 9.95. The van der Waals surface area contributed by atoms with Crippen LogP contribution < -0.4 is 0 Å². The van der Waals surface area contributed by atoms with Gasteiger partial charge in [0.25, 0.3) is 0 Å². The van der Waals surface area contributed by atoms with Crippen LogP contribution in [-0.2, 0) is 9.53 Å². The van der Waals surface area contributed by atoms with Crippen LogP contribution in [-0.4, -0.2) is 13.1 Å². The summed E-state index contributed by atoms with van der Waals surface area (Å²) in [5, 5.41) is 0. The molecule has 0 aromatic carbocycles. The van der Waals surface area contributed by atoms with Gasteiger partial charge in [-0.05, 0) is 18.8 Å². The summed E-state index contributed by atoms with van der Waals surface area (Å²) in [6.45, 7) is 6.25. The van der Waals surface area contributed by atoms with Crippen LogP contribution in [0.15, 0.2) is 0 Å². The van der Waals surface area contributed by atoms with Crippen molar-refractivity contribution >= 4 is 5.97 Å². The number of carbonyl (C=O) groups excluding carboxylic acids is 1. The molecular weight excluding hydrogens is 140 g/mol. The molecule has 0 fully saturated rings. The predicted octanol–water partition coefficient (Wildman–Crippen LogP) is 2.23. The highest BCUT2D eigenvalue weighted by atomic mass is 16.5. The summed E-state index contributed by atoms with van der Waals surface area (Å²) in [5.74, 6) is 0.597. The largest absolute Gasteiger partial charge is 0.469 e. The summed E-state index contributed by atoms with van der Waals surface area (Å²) in [6, 6.07) is 0. The number of carbonyl (C=O) groups is 1. The summed E-state index contributed by atoms with van der Waals surface area (Å²) in [6.07, 6.45) is 1.81. The van der Waals surface area contributed by atoms with Crippen molar-refractivity contribution in [3.63, 3.8) is 0 Å². The predicted molar refractivity (Wildman–Crippen MR) is 45.3 cm³/mol. The summed E-state index contributed by atoms with van der Waals surface area (Å²) in [4.78, 5) is 11.1. The minimum Gasteiger partial charge on any atom is -0.469 e. The quantitative estimate of drug-likeness (QED) is 0.586. The van der Waals surface area contributed by atoms with Crippen molar-refractivity contribution in [1.82, 2.24) is 0 Å². The second kappa shape index (κ2) is 5.16. The van der Waals surface area contributed by atoms with Gasteiger partial charge < -0.3 is 4.74 Å². The third kappa shape index (κ3) is 4.02. The lowest BCUT2D eigenvalue weighted by Crippen LogP contribution is -2.17. The van der Waals surface area contributed by atoms with Gasteiger partial charge in [0.15, 0.2) is 0 Å². The van der Waals surface area contributed by atoms with E-state index < -0.39 is 0 Å². The van der Waals surface area contributed by atoms with Crippen molar-refractivity contribution in [2.24, 2.45) is 11.8 Å². The summed E-state index contributed by atoms with van der Waals surface area (Å²) in [7, 11) is 1.45. The first-order chi connectivity index (χ1) is 5.11. The number of hydrogen-bond donors (Lipinski definition) is 0. The zero-order valence-corrected chi connectivity index (χ0v) is 7.89. The molecular formula is C9H18O2. The van der Waals surface area contributed by atoms with Crippen LogP contribution in [0.2, 0.25) is 0 Å². The lowest BCUT2D eigenvalue weighted by molar-refractivity contribution is -0.146. The van der Waals surface area contributed by atoms with Gasteiger partial charge in [-0.2, -0.15) is 0 Å². The Hall–Kier alpha value is -0.530. The van der Waals surface area contributed by atoms with E-state index in [2.05, 4.69) is 18.6 Å². The van der Waals surface area contributed by atoms with E-state index in [1.807, 2.05) is 6.92 Å². The molecule has 0 spiro atoms. The van der Waals surface area contributed by atoms with Gasteiger partial charge in [-0.15, -0.1) is 0 Å². The van der Waals surface area contributed by atoms with Crippen LogP contribution in [0.3, 0.4) is 0 Å². The van der Waals surface area contributed by atoms with E-state index >= 15 is 0 Å². The van der Waals surface area contributed by atoms with Crippen LogP contribution >= 0.6 is 0 Å². The van der Waals surface area contributed by atoms with Crippen LogP contribution in [0.1, 0.15) is 33.6 Å². The van der Waals surface area contributed by atoms with Crippen molar-refractivity contribution in [3.05, 3.63) is 0 Å². The van der Waals surface area contributed by atoms with Crippen molar-refractivity contribution in [3.8, 4) is 0 Å². The second-order valence-electron chi connectivity index (χ2n) is 3.26. The SMILES string of the molecule is CC[C@H](CC(C)C)C(=O)OC. The molecule has 0 aliphatic carbocycles. The normalized spacial score (nSPS) is 13.2. The molecule has 0 heterocycles. The third-order valence-electron chi connectivity index (χ3n) is 1.78. The van der Waals surface area contributed by atoms with E-state index in [1.165, 1.54) is 7.11 Å². The van der Waals surface area contributed by atoms with Crippen molar-refractivity contribution in [2.75, 3.05) is 7.11 Å². The van der Waals surface area contributed by atoms with Gasteiger partial charge >= 0.3 is 5.97 Å². The Morgan fingerprint density at radius 3 is 2.27 bits per heavy atom. The topological polar surface area (TPSA) is 26.3 Å². The average molecular weight is 158 g/mol. The average Bonchev–Trinajstić information content (AvgIpc) is 1.98. The number of methoxy groups -OCH3 is 1. The summed E-state index contributed by atoms with van der Waals surface area (Å²) >= 11 is 0. The Morgan fingerprint density at radius 1 is 1.45 bits per heavy atom. The molecule has 2 heteroatoms. The van der Waals surface area contributed by atoms with Gasteiger partial charge in [0.05, 0.1) is 13.0 Å². The minimum atomic E-state index is -0.0683. The zero-order chi connectivity index (χ0) is 8.85. The molecule has 0 aromatic rings. The maximum Gasteiger partial charge on any atom is 0.308 e. The number of ether oxygens (including phenoxy) is 1. The van der Waals surface area contributed by atoms with Crippen LogP contribution in [0.4, 0.5) is 0 Å².